The molecule has 112 valence electrons. The first kappa shape index (κ1) is 15.1. The minimum atomic E-state index is -4.02. The molecule has 19 heavy (non-hydrogen) atoms. The molecule has 2 nitrogen and oxygen atoms in total. The van der Waals surface area contributed by atoms with Gasteiger partial charge in [0.1, 0.15) is 0 Å². The second kappa shape index (κ2) is 6.00. The van der Waals surface area contributed by atoms with Gasteiger partial charge in [-0.25, -0.2) is 0 Å². The minimum absolute atomic E-state index is 0.0278. The first-order chi connectivity index (χ1) is 8.89. The van der Waals surface area contributed by atoms with Gasteiger partial charge in [-0.05, 0) is 37.5 Å². The zero-order valence-corrected chi connectivity index (χ0v) is 11.6. The quantitative estimate of drug-likeness (QED) is 0.853. The number of nitrogens with one attached hydrogen (secondary N) is 1. The summed E-state index contributed by atoms with van der Waals surface area (Å²) >= 11 is 0. The van der Waals surface area contributed by atoms with E-state index in [9.17, 15) is 13.2 Å². The van der Waals surface area contributed by atoms with Gasteiger partial charge in [-0.2, -0.15) is 13.2 Å². The average Bonchev–Trinajstić information content (AvgIpc) is 2.37. The fourth-order valence-electron chi connectivity index (χ4n) is 3.10. The van der Waals surface area contributed by atoms with Crippen LogP contribution in [0.3, 0.4) is 0 Å². The molecule has 2 fully saturated rings. The Hall–Kier alpha value is -0.290. The summed E-state index contributed by atoms with van der Waals surface area (Å²) in [6.07, 6.45) is 0.0669. The zero-order valence-electron chi connectivity index (χ0n) is 11.6. The lowest BCUT2D eigenvalue weighted by Gasteiger charge is -2.37. The van der Waals surface area contributed by atoms with Crippen LogP contribution in [0.25, 0.3) is 0 Å². The van der Waals surface area contributed by atoms with Gasteiger partial charge in [0.25, 0.3) is 0 Å². The maximum atomic E-state index is 12.7. The van der Waals surface area contributed by atoms with E-state index in [1.54, 1.807) is 0 Å². The van der Waals surface area contributed by atoms with Crippen LogP contribution < -0.4 is 5.32 Å². The number of ether oxygens (including phenoxy) is 1. The normalized spacial score (nSPS) is 32.2. The van der Waals surface area contributed by atoms with E-state index in [0.29, 0.717) is 12.8 Å². The number of alkyl halides is 3. The molecule has 0 bridgehead atoms. The largest absolute Gasteiger partial charge is 0.391 e. The van der Waals surface area contributed by atoms with Crippen LogP contribution in [0.4, 0.5) is 13.2 Å². The van der Waals surface area contributed by atoms with Gasteiger partial charge in [0.2, 0.25) is 0 Å². The highest BCUT2D eigenvalue weighted by atomic mass is 19.4. The van der Waals surface area contributed by atoms with Crippen LogP contribution >= 0.6 is 0 Å². The smallest absolute Gasteiger partial charge is 0.381 e. The second-order valence-electron chi connectivity index (χ2n) is 6.41. The van der Waals surface area contributed by atoms with Gasteiger partial charge < -0.3 is 10.1 Å². The summed E-state index contributed by atoms with van der Waals surface area (Å²) in [6, 6.07) is 0.0278. The lowest BCUT2D eigenvalue weighted by Crippen LogP contribution is -2.44. The van der Waals surface area contributed by atoms with Crippen LogP contribution in [-0.2, 0) is 4.74 Å². The van der Waals surface area contributed by atoms with E-state index in [1.165, 1.54) is 0 Å². The molecule has 0 amide bonds. The molecule has 1 N–H and O–H groups in total. The molecule has 1 heterocycles. The third kappa shape index (κ3) is 4.35. The molecule has 0 radical (unpaired) electrons. The Morgan fingerprint density at radius 1 is 1.21 bits per heavy atom. The third-order valence-electron chi connectivity index (χ3n) is 4.65. The van der Waals surface area contributed by atoms with Crippen molar-refractivity contribution in [3.63, 3.8) is 0 Å². The van der Waals surface area contributed by atoms with E-state index in [-0.39, 0.29) is 17.9 Å². The van der Waals surface area contributed by atoms with Crippen molar-refractivity contribution < 1.29 is 17.9 Å². The SMILES string of the molecule is CC1(CNC2CCCC(C(F)(F)F)C2)CCOCC1. The highest BCUT2D eigenvalue weighted by molar-refractivity contribution is 4.85. The van der Waals surface area contributed by atoms with Crippen molar-refractivity contribution in [2.75, 3.05) is 19.8 Å². The molecule has 2 aliphatic rings. The molecule has 2 atom stereocenters. The van der Waals surface area contributed by atoms with Crippen LogP contribution in [-0.4, -0.2) is 32.0 Å². The first-order valence-corrected chi connectivity index (χ1v) is 7.27. The van der Waals surface area contributed by atoms with Crippen LogP contribution in [0.1, 0.15) is 45.4 Å². The molecule has 0 aromatic rings. The molecule has 1 saturated heterocycles. The monoisotopic (exact) mass is 279 g/mol. The maximum absolute atomic E-state index is 12.7. The van der Waals surface area contributed by atoms with Crippen LogP contribution in [0.15, 0.2) is 0 Å². The van der Waals surface area contributed by atoms with Gasteiger partial charge in [0.15, 0.2) is 0 Å². The van der Waals surface area contributed by atoms with Crippen LogP contribution in [0, 0.1) is 11.3 Å². The summed E-state index contributed by atoms with van der Waals surface area (Å²) < 4.78 is 43.6. The molecular weight excluding hydrogens is 255 g/mol. The standard InChI is InChI=1S/C14H24F3NO/c1-13(5-7-19-8-6-13)10-18-12-4-2-3-11(9-12)14(15,16)17/h11-12,18H,2-10H2,1H3. The highest BCUT2D eigenvalue weighted by Gasteiger charge is 2.42. The number of rotatable bonds is 3. The summed E-state index contributed by atoms with van der Waals surface area (Å²) in [4.78, 5) is 0. The second-order valence-corrected chi connectivity index (χ2v) is 6.41. The highest BCUT2D eigenvalue weighted by Crippen LogP contribution is 2.38. The fourth-order valence-corrected chi connectivity index (χ4v) is 3.10. The average molecular weight is 279 g/mol. The van der Waals surface area contributed by atoms with Crippen molar-refractivity contribution in [3.05, 3.63) is 0 Å². The van der Waals surface area contributed by atoms with Crippen molar-refractivity contribution in [2.45, 2.75) is 57.7 Å². The molecule has 0 aromatic carbocycles. The summed E-state index contributed by atoms with van der Waals surface area (Å²) in [6.45, 7) is 4.56. The summed E-state index contributed by atoms with van der Waals surface area (Å²) in [5.74, 6) is -1.11. The predicted octanol–water partition coefficient (Wildman–Crippen LogP) is 3.51. The van der Waals surface area contributed by atoms with E-state index < -0.39 is 12.1 Å². The van der Waals surface area contributed by atoms with Gasteiger partial charge in [0, 0.05) is 25.8 Å². The summed E-state index contributed by atoms with van der Waals surface area (Å²) in [7, 11) is 0. The third-order valence-corrected chi connectivity index (χ3v) is 4.65. The van der Waals surface area contributed by atoms with E-state index in [0.717, 1.165) is 39.0 Å². The molecule has 1 aliphatic carbocycles. The molecule has 5 heteroatoms. The Kier molecular flexibility index (Phi) is 4.77. The van der Waals surface area contributed by atoms with E-state index >= 15 is 0 Å². The molecule has 2 rings (SSSR count). The van der Waals surface area contributed by atoms with Gasteiger partial charge >= 0.3 is 6.18 Å². The molecular formula is C14H24F3NO. The van der Waals surface area contributed by atoms with E-state index in [4.69, 9.17) is 4.74 Å². The maximum Gasteiger partial charge on any atom is 0.391 e. The lowest BCUT2D eigenvalue weighted by molar-refractivity contribution is -0.183. The Morgan fingerprint density at radius 2 is 1.89 bits per heavy atom. The lowest BCUT2D eigenvalue weighted by atomic mass is 9.80. The Bertz CT molecular complexity index is 287. The summed E-state index contributed by atoms with van der Waals surface area (Å²) in [5, 5.41) is 3.38. The molecule has 1 saturated carbocycles. The molecule has 1 aliphatic heterocycles. The Morgan fingerprint density at radius 3 is 2.53 bits per heavy atom. The fraction of sp³-hybridized carbons (Fsp3) is 1.00. The Labute approximate surface area is 113 Å². The van der Waals surface area contributed by atoms with Crippen LogP contribution in [0.2, 0.25) is 0 Å². The first-order valence-electron chi connectivity index (χ1n) is 7.27. The van der Waals surface area contributed by atoms with Crippen molar-refractivity contribution in [1.29, 1.82) is 0 Å². The number of hydrogen-bond donors (Lipinski definition) is 1. The zero-order chi connectivity index (χ0) is 13.9. The van der Waals surface area contributed by atoms with E-state index in [1.807, 2.05) is 0 Å². The topological polar surface area (TPSA) is 21.3 Å². The summed E-state index contributed by atoms with van der Waals surface area (Å²) in [5.41, 5.74) is 0.184. The van der Waals surface area contributed by atoms with Crippen molar-refractivity contribution >= 4 is 0 Å². The molecule has 0 aromatic heterocycles. The van der Waals surface area contributed by atoms with Crippen molar-refractivity contribution in [1.82, 2.24) is 5.32 Å². The molecule has 2 unspecified atom stereocenters. The van der Waals surface area contributed by atoms with Gasteiger partial charge in [-0.15, -0.1) is 0 Å². The number of hydrogen-bond acceptors (Lipinski definition) is 2. The van der Waals surface area contributed by atoms with E-state index in [2.05, 4.69) is 12.2 Å². The predicted molar refractivity (Wildman–Crippen MR) is 68.0 cm³/mol. The number of halogens is 3. The minimum Gasteiger partial charge on any atom is -0.381 e. The molecule has 0 spiro atoms. The Balaban J connectivity index is 1.79. The van der Waals surface area contributed by atoms with Crippen LogP contribution in [0.5, 0.6) is 0 Å². The van der Waals surface area contributed by atoms with Gasteiger partial charge in [0.05, 0.1) is 5.92 Å². The van der Waals surface area contributed by atoms with Crippen molar-refractivity contribution in [2.24, 2.45) is 11.3 Å². The van der Waals surface area contributed by atoms with Gasteiger partial charge in [-0.3, -0.25) is 0 Å². The van der Waals surface area contributed by atoms with Crippen molar-refractivity contribution in [3.8, 4) is 0 Å². The van der Waals surface area contributed by atoms with Gasteiger partial charge in [-0.1, -0.05) is 13.3 Å².